The Kier molecular flexibility index (Phi) is 8.64. The number of imidazole rings is 1. The standard InChI is InChI=1S/C20H27N3O5/c1-15(7-8-19(24)25)10-22-18(20(26)27)9-17-11-21-13-23(17)14-28-12-16-5-3-2-4-6-16/h2-6,11,13,15,18,22H,7-10,12,14H2,1H3,(H,24,25)(H,26,27). The zero-order chi connectivity index (χ0) is 20.4. The fraction of sp³-hybridized carbons (Fsp3) is 0.450. The van der Waals surface area contributed by atoms with Gasteiger partial charge >= 0.3 is 11.9 Å². The van der Waals surface area contributed by atoms with Crippen molar-refractivity contribution in [2.24, 2.45) is 5.92 Å². The molecule has 1 aromatic heterocycles. The van der Waals surface area contributed by atoms with E-state index in [1.165, 1.54) is 0 Å². The van der Waals surface area contributed by atoms with E-state index < -0.39 is 18.0 Å². The number of carboxylic acid groups (broad SMARTS) is 2. The van der Waals surface area contributed by atoms with Crippen LogP contribution in [0.4, 0.5) is 0 Å². The summed E-state index contributed by atoms with van der Waals surface area (Å²) < 4.78 is 7.49. The molecular formula is C20H27N3O5. The molecule has 0 spiro atoms. The summed E-state index contributed by atoms with van der Waals surface area (Å²) in [5.74, 6) is -1.73. The maximum Gasteiger partial charge on any atom is 0.321 e. The first kappa shape index (κ1) is 21.6. The van der Waals surface area contributed by atoms with Crippen molar-refractivity contribution in [3.8, 4) is 0 Å². The summed E-state index contributed by atoms with van der Waals surface area (Å²) in [6.45, 7) is 3.07. The van der Waals surface area contributed by atoms with Crippen LogP contribution in [0.2, 0.25) is 0 Å². The Morgan fingerprint density at radius 2 is 2.00 bits per heavy atom. The van der Waals surface area contributed by atoms with E-state index in [0.717, 1.165) is 11.3 Å². The average Bonchev–Trinajstić information content (AvgIpc) is 3.11. The van der Waals surface area contributed by atoms with Crippen molar-refractivity contribution in [3.05, 3.63) is 54.1 Å². The summed E-state index contributed by atoms with van der Waals surface area (Å²) in [7, 11) is 0. The lowest BCUT2D eigenvalue weighted by atomic mass is 10.0. The minimum absolute atomic E-state index is 0.0667. The van der Waals surface area contributed by atoms with Gasteiger partial charge in [0.2, 0.25) is 0 Å². The van der Waals surface area contributed by atoms with E-state index in [1.807, 2.05) is 37.3 Å². The maximum atomic E-state index is 11.6. The van der Waals surface area contributed by atoms with Gasteiger partial charge in [-0.05, 0) is 24.4 Å². The molecule has 2 atom stereocenters. The minimum atomic E-state index is -0.955. The van der Waals surface area contributed by atoms with E-state index in [1.54, 1.807) is 17.1 Å². The largest absolute Gasteiger partial charge is 0.481 e. The van der Waals surface area contributed by atoms with Crippen LogP contribution in [0.15, 0.2) is 42.9 Å². The number of hydrogen-bond donors (Lipinski definition) is 3. The van der Waals surface area contributed by atoms with Crippen molar-refractivity contribution in [2.75, 3.05) is 6.54 Å². The lowest BCUT2D eigenvalue weighted by Crippen LogP contribution is -2.41. The maximum absolute atomic E-state index is 11.6. The van der Waals surface area contributed by atoms with Gasteiger partial charge in [-0.3, -0.25) is 9.59 Å². The molecular weight excluding hydrogens is 362 g/mol. The summed E-state index contributed by atoms with van der Waals surface area (Å²) in [6.07, 6.45) is 4.09. The topological polar surface area (TPSA) is 114 Å². The average molecular weight is 389 g/mol. The predicted octanol–water partition coefficient (Wildman–Crippen LogP) is 2.14. The molecule has 3 N–H and O–H groups in total. The molecule has 0 fully saturated rings. The Morgan fingerprint density at radius 1 is 1.25 bits per heavy atom. The van der Waals surface area contributed by atoms with E-state index in [9.17, 15) is 14.7 Å². The van der Waals surface area contributed by atoms with Crippen LogP contribution in [0.3, 0.4) is 0 Å². The molecule has 0 bridgehead atoms. The number of aliphatic carboxylic acids is 2. The number of aromatic nitrogens is 2. The quantitative estimate of drug-likeness (QED) is 0.481. The molecule has 2 unspecified atom stereocenters. The molecule has 0 aliphatic rings. The number of nitrogens with one attached hydrogen (secondary N) is 1. The normalized spacial score (nSPS) is 13.2. The van der Waals surface area contributed by atoms with E-state index in [-0.39, 0.29) is 25.5 Å². The number of benzene rings is 1. The first-order chi connectivity index (χ1) is 13.5. The number of carbonyl (C=O) groups is 2. The first-order valence-electron chi connectivity index (χ1n) is 9.24. The molecule has 0 radical (unpaired) electrons. The highest BCUT2D eigenvalue weighted by atomic mass is 16.5. The lowest BCUT2D eigenvalue weighted by Gasteiger charge is -2.18. The lowest BCUT2D eigenvalue weighted by molar-refractivity contribution is -0.140. The van der Waals surface area contributed by atoms with Gasteiger partial charge in [-0.25, -0.2) is 4.98 Å². The third-order valence-electron chi connectivity index (χ3n) is 4.42. The van der Waals surface area contributed by atoms with Crippen LogP contribution >= 0.6 is 0 Å². The highest BCUT2D eigenvalue weighted by Gasteiger charge is 2.20. The van der Waals surface area contributed by atoms with Gasteiger partial charge in [-0.15, -0.1) is 0 Å². The van der Waals surface area contributed by atoms with Crippen LogP contribution in [0.25, 0.3) is 0 Å². The predicted molar refractivity (Wildman–Crippen MR) is 103 cm³/mol. The van der Waals surface area contributed by atoms with Gasteiger partial charge in [0.25, 0.3) is 0 Å². The molecule has 0 saturated carbocycles. The Labute approximate surface area is 164 Å². The van der Waals surface area contributed by atoms with Gasteiger partial charge in [-0.2, -0.15) is 0 Å². The van der Waals surface area contributed by atoms with Gasteiger partial charge < -0.3 is 24.8 Å². The second-order valence-corrected chi connectivity index (χ2v) is 6.86. The molecule has 0 amide bonds. The summed E-state index contributed by atoms with van der Waals surface area (Å²) in [6, 6.07) is 9.01. The van der Waals surface area contributed by atoms with Crippen molar-refractivity contribution in [2.45, 2.75) is 45.6 Å². The highest BCUT2D eigenvalue weighted by molar-refractivity contribution is 5.73. The Morgan fingerprint density at radius 3 is 2.68 bits per heavy atom. The van der Waals surface area contributed by atoms with E-state index in [4.69, 9.17) is 9.84 Å². The Hall–Kier alpha value is -2.71. The zero-order valence-electron chi connectivity index (χ0n) is 16.0. The number of rotatable bonds is 13. The molecule has 8 nitrogen and oxygen atoms in total. The molecule has 1 heterocycles. The molecule has 2 aromatic rings. The Balaban J connectivity index is 1.85. The number of nitrogens with zero attached hydrogens (tertiary/aromatic N) is 2. The molecule has 28 heavy (non-hydrogen) atoms. The van der Waals surface area contributed by atoms with Crippen LogP contribution in [-0.2, 0) is 34.1 Å². The van der Waals surface area contributed by atoms with Crippen LogP contribution in [0.5, 0.6) is 0 Å². The van der Waals surface area contributed by atoms with E-state index in [2.05, 4.69) is 10.3 Å². The van der Waals surface area contributed by atoms with Gasteiger partial charge in [0.1, 0.15) is 12.8 Å². The molecule has 8 heteroatoms. The SMILES string of the molecule is CC(CCC(=O)O)CNC(Cc1cncn1COCc1ccccc1)C(=O)O. The van der Waals surface area contributed by atoms with Crippen LogP contribution in [0, 0.1) is 5.92 Å². The number of carboxylic acids is 2. The van der Waals surface area contributed by atoms with Crippen molar-refractivity contribution in [3.63, 3.8) is 0 Å². The van der Waals surface area contributed by atoms with Crippen molar-refractivity contribution in [1.29, 1.82) is 0 Å². The third-order valence-corrected chi connectivity index (χ3v) is 4.42. The smallest absolute Gasteiger partial charge is 0.321 e. The Bertz CT molecular complexity index is 747. The summed E-state index contributed by atoms with van der Waals surface area (Å²) in [5, 5.41) is 21.3. The number of hydrogen-bond acceptors (Lipinski definition) is 5. The summed E-state index contributed by atoms with van der Waals surface area (Å²) in [4.78, 5) is 26.3. The molecule has 152 valence electrons. The van der Waals surface area contributed by atoms with Crippen molar-refractivity contribution in [1.82, 2.24) is 14.9 Å². The van der Waals surface area contributed by atoms with Crippen LogP contribution in [0.1, 0.15) is 31.0 Å². The van der Waals surface area contributed by atoms with Gasteiger partial charge in [0.05, 0.1) is 12.9 Å². The summed E-state index contributed by atoms with van der Waals surface area (Å²) >= 11 is 0. The molecule has 2 rings (SSSR count). The molecule has 0 aliphatic carbocycles. The monoisotopic (exact) mass is 389 g/mol. The van der Waals surface area contributed by atoms with Gasteiger partial charge in [-0.1, -0.05) is 37.3 Å². The third kappa shape index (κ3) is 7.50. The minimum Gasteiger partial charge on any atom is -0.481 e. The van der Waals surface area contributed by atoms with Crippen molar-refractivity contribution < 1.29 is 24.5 Å². The first-order valence-corrected chi connectivity index (χ1v) is 9.24. The molecule has 1 aromatic carbocycles. The second-order valence-electron chi connectivity index (χ2n) is 6.86. The second kappa shape index (κ2) is 11.2. The van der Waals surface area contributed by atoms with Crippen molar-refractivity contribution >= 4 is 11.9 Å². The van der Waals surface area contributed by atoms with E-state index >= 15 is 0 Å². The van der Waals surface area contributed by atoms with Crippen LogP contribution < -0.4 is 5.32 Å². The zero-order valence-corrected chi connectivity index (χ0v) is 16.0. The summed E-state index contributed by atoms with van der Waals surface area (Å²) in [5.41, 5.74) is 1.82. The van der Waals surface area contributed by atoms with Crippen LogP contribution in [-0.4, -0.2) is 44.3 Å². The fourth-order valence-electron chi connectivity index (χ4n) is 2.74. The molecule has 0 aliphatic heterocycles. The highest BCUT2D eigenvalue weighted by Crippen LogP contribution is 2.09. The molecule has 0 saturated heterocycles. The van der Waals surface area contributed by atoms with Gasteiger partial charge in [0.15, 0.2) is 0 Å². The van der Waals surface area contributed by atoms with Gasteiger partial charge in [0, 0.05) is 24.7 Å². The van der Waals surface area contributed by atoms with E-state index in [0.29, 0.717) is 19.6 Å². The fourth-order valence-corrected chi connectivity index (χ4v) is 2.74. The number of ether oxygens (including phenoxy) is 1.